The van der Waals surface area contributed by atoms with Crippen LogP contribution in [-0.2, 0) is 9.59 Å². The minimum absolute atomic E-state index is 0.0445. The maximum absolute atomic E-state index is 13.0. The van der Waals surface area contributed by atoms with E-state index in [1.165, 1.54) is 0 Å². The van der Waals surface area contributed by atoms with E-state index >= 15 is 0 Å². The molecule has 0 aromatic rings. The van der Waals surface area contributed by atoms with Crippen LogP contribution in [0.5, 0.6) is 0 Å². The molecule has 0 radical (unpaired) electrons. The van der Waals surface area contributed by atoms with Gasteiger partial charge in [-0.05, 0) is 46.5 Å². The van der Waals surface area contributed by atoms with Crippen molar-refractivity contribution in [3.8, 4) is 0 Å². The maximum Gasteiger partial charge on any atom is 0.180 e. The monoisotopic (exact) mass is 366 g/mol. The van der Waals surface area contributed by atoms with Crippen molar-refractivity contribution in [2.45, 2.75) is 78.6 Å². The zero-order chi connectivity index (χ0) is 20.2. The van der Waals surface area contributed by atoms with Crippen LogP contribution in [0.4, 0.5) is 0 Å². The molecule has 5 unspecified atom stereocenters. The largest absolute Gasteiger partial charge is 0.391 e. The molecule has 1 saturated carbocycles. The van der Waals surface area contributed by atoms with E-state index in [0.717, 1.165) is 11.1 Å². The molecule has 1 fully saturated rings. The second-order valence-electron chi connectivity index (χ2n) is 8.38. The second-order valence-corrected chi connectivity index (χ2v) is 8.38. The number of Topliss-reactive ketones (excluding diaryl/α,β-unsaturated/α-hetero) is 2. The molecule has 0 heterocycles. The number of hydrogen-bond donors (Lipinski definition) is 3. The van der Waals surface area contributed by atoms with Crippen LogP contribution in [0.15, 0.2) is 23.3 Å². The van der Waals surface area contributed by atoms with Crippen molar-refractivity contribution in [3.63, 3.8) is 0 Å². The van der Waals surface area contributed by atoms with Gasteiger partial charge < -0.3 is 15.3 Å². The van der Waals surface area contributed by atoms with Gasteiger partial charge in [-0.2, -0.15) is 0 Å². The molecular formula is C21H34O5. The van der Waals surface area contributed by atoms with E-state index in [9.17, 15) is 24.9 Å². The number of carbonyl (C=O) groups is 2. The van der Waals surface area contributed by atoms with Gasteiger partial charge in [0.25, 0.3) is 0 Å². The molecule has 0 aliphatic heterocycles. The van der Waals surface area contributed by atoms with E-state index in [0.29, 0.717) is 0 Å². The lowest BCUT2D eigenvalue weighted by Gasteiger charge is -2.33. The van der Waals surface area contributed by atoms with E-state index in [2.05, 4.69) is 0 Å². The number of hydrogen-bond acceptors (Lipinski definition) is 5. The van der Waals surface area contributed by atoms with Crippen LogP contribution in [-0.4, -0.2) is 44.7 Å². The van der Waals surface area contributed by atoms with Gasteiger partial charge >= 0.3 is 0 Å². The molecule has 0 amide bonds. The molecule has 26 heavy (non-hydrogen) atoms. The summed E-state index contributed by atoms with van der Waals surface area (Å²) in [5, 5.41) is 32.5. The number of carbonyl (C=O) groups excluding carboxylic acids is 2. The minimum Gasteiger partial charge on any atom is -0.391 e. The van der Waals surface area contributed by atoms with E-state index in [1.807, 2.05) is 47.6 Å². The molecule has 1 aliphatic rings. The first-order chi connectivity index (χ1) is 11.9. The first-order valence-corrected chi connectivity index (χ1v) is 9.35. The number of ketones is 2. The van der Waals surface area contributed by atoms with Gasteiger partial charge in [0.2, 0.25) is 0 Å². The summed E-state index contributed by atoms with van der Waals surface area (Å²) in [4.78, 5) is 25.5. The topological polar surface area (TPSA) is 94.8 Å². The van der Waals surface area contributed by atoms with Crippen LogP contribution in [0.2, 0.25) is 0 Å². The van der Waals surface area contributed by atoms with Crippen LogP contribution < -0.4 is 0 Å². The van der Waals surface area contributed by atoms with Crippen LogP contribution in [0.1, 0.15) is 60.8 Å². The summed E-state index contributed by atoms with van der Waals surface area (Å²) in [6.45, 7) is 11.2. The lowest BCUT2D eigenvalue weighted by Crippen LogP contribution is -2.52. The summed E-state index contributed by atoms with van der Waals surface area (Å²) in [6, 6.07) is 0. The fourth-order valence-electron chi connectivity index (χ4n) is 3.57. The molecule has 0 aromatic heterocycles. The van der Waals surface area contributed by atoms with Crippen LogP contribution in [0, 0.1) is 17.8 Å². The summed E-state index contributed by atoms with van der Waals surface area (Å²) in [6.07, 6.45) is 1.36. The van der Waals surface area contributed by atoms with Gasteiger partial charge in [0, 0.05) is 12.3 Å². The number of aliphatic hydroxyl groups excluding tert-OH is 2. The molecule has 0 aromatic carbocycles. The molecule has 1 aliphatic carbocycles. The Labute approximate surface area is 156 Å². The SMILES string of the molecule is CC(C)=CCC(O)C1(O)C(=O)C(C(=O)CC(C)C)C(O)C1CC=C(C)C. The summed E-state index contributed by atoms with van der Waals surface area (Å²) < 4.78 is 0. The molecule has 0 bridgehead atoms. The summed E-state index contributed by atoms with van der Waals surface area (Å²) >= 11 is 0. The normalized spacial score (nSPS) is 29.6. The van der Waals surface area contributed by atoms with Gasteiger partial charge in [-0.1, -0.05) is 37.1 Å². The van der Waals surface area contributed by atoms with Gasteiger partial charge in [0.1, 0.15) is 11.7 Å². The first kappa shape index (κ1) is 22.7. The molecule has 5 nitrogen and oxygen atoms in total. The van der Waals surface area contributed by atoms with Gasteiger partial charge in [0.05, 0.1) is 12.2 Å². The van der Waals surface area contributed by atoms with Crippen molar-refractivity contribution in [1.29, 1.82) is 0 Å². The third-order valence-electron chi connectivity index (χ3n) is 4.99. The summed E-state index contributed by atoms with van der Waals surface area (Å²) in [5.41, 5.74) is -0.205. The third-order valence-corrected chi connectivity index (χ3v) is 4.99. The lowest BCUT2D eigenvalue weighted by molar-refractivity contribution is -0.155. The first-order valence-electron chi connectivity index (χ1n) is 9.35. The Kier molecular flexibility index (Phi) is 7.93. The Balaban J connectivity index is 3.27. The highest BCUT2D eigenvalue weighted by Gasteiger charge is 2.63. The molecule has 5 heteroatoms. The van der Waals surface area contributed by atoms with Crippen molar-refractivity contribution in [3.05, 3.63) is 23.3 Å². The number of aliphatic hydroxyl groups is 3. The average Bonchev–Trinajstić information content (AvgIpc) is 2.69. The highest BCUT2D eigenvalue weighted by molar-refractivity contribution is 6.09. The number of allylic oxidation sites excluding steroid dienone is 3. The van der Waals surface area contributed by atoms with Crippen molar-refractivity contribution >= 4 is 11.6 Å². The highest BCUT2D eigenvalue weighted by atomic mass is 16.4. The molecular weight excluding hydrogens is 332 g/mol. The molecule has 1 rings (SSSR count). The Morgan fingerprint density at radius 2 is 1.69 bits per heavy atom. The quantitative estimate of drug-likeness (QED) is 0.453. The maximum atomic E-state index is 13.0. The van der Waals surface area contributed by atoms with Gasteiger partial charge in [0.15, 0.2) is 11.4 Å². The molecule has 0 saturated heterocycles. The van der Waals surface area contributed by atoms with Crippen LogP contribution in [0.25, 0.3) is 0 Å². The van der Waals surface area contributed by atoms with E-state index in [-0.39, 0.29) is 31.0 Å². The Morgan fingerprint density at radius 3 is 2.15 bits per heavy atom. The molecule has 148 valence electrons. The fourth-order valence-corrected chi connectivity index (χ4v) is 3.57. The summed E-state index contributed by atoms with van der Waals surface area (Å²) in [7, 11) is 0. The molecule has 5 atom stereocenters. The Bertz CT molecular complexity index is 581. The predicted octanol–water partition coefficient (Wildman–Crippen LogP) is 2.58. The average molecular weight is 366 g/mol. The Hall–Kier alpha value is -1.30. The van der Waals surface area contributed by atoms with Crippen LogP contribution in [0.3, 0.4) is 0 Å². The van der Waals surface area contributed by atoms with E-state index in [4.69, 9.17) is 0 Å². The van der Waals surface area contributed by atoms with Gasteiger partial charge in [-0.25, -0.2) is 0 Å². The zero-order valence-corrected chi connectivity index (χ0v) is 16.8. The predicted molar refractivity (Wildman–Crippen MR) is 102 cm³/mol. The van der Waals surface area contributed by atoms with Crippen molar-refractivity contribution in [2.75, 3.05) is 0 Å². The highest BCUT2D eigenvalue weighted by Crippen LogP contribution is 2.43. The van der Waals surface area contributed by atoms with E-state index in [1.54, 1.807) is 6.08 Å². The van der Waals surface area contributed by atoms with Crippen molar-refractivity contribution in [1.82, 2.24) is 0 Å². The van der Waals surface area contributed by atoms with Crippen molar-refractivity contribution < 1.29 is 24.9 Å². The van der Waals surface area contributed by atoms with Gasteiger partial charge in [-0.15, -0.1) is 0 Å². The standard InChI is InChI=1S/C21H34O5/c1-12(2)7-9-15-19(24)18(16(22)11-14(5)6)20(25)21(15,26)17(23)10-8-13(3)4/h7-8,14-15,17-19,23-24,26H,9-11H2,1-6H3. The molecule has 0 spiro atoms. The smallest absolute Gasteiger partial charge is 0.180 e. The Morgan fingerprint density at radius 1 is 1.15 bits per heavy atom. The fraction of sp³-hybridized carbons (Fsp3) is 0.714. The second kappa shape index (κ2) is 9.07. The van der Waals surface area contributed by atoms with E-state index < -0.39 is 35.4 Å². The van der Waals surface area contributed by atoms with Crippen molar-refractivity contribution in [2.24, 2.45) is 17.8 Å². The summed E-state index contributed by atoms with van der Waals surface area (Å²) in [5.74, 6) is -3.27. The van der Waals surface area contributed by atoms with Crippen LogP contribution >= 0.6 is 0 Å². The minimum atomic E-state index is -2.13. The molecule has 3 N–H and O–H groups in total. The van der Waals surface area contributed by atoms with Gasteiger partial charge in [-0.3, -0.25) is 9.59 Å². The third kappa shape index (κ3) is 4.90. The lowest BCUT2D eigenvalue weighted by atomic mass is 9.80. The number of rotatable bonds is 8. The zero-order valence-electron chi connectivity index (χ0n) is 16.8.